The van der Waals surface area contributed by atoms with Gasteiger partial charge >= 0.3 is 0 Å². The van der Waals surface area contributed by atoms with Crippen LogP contribution in [0.25, 0.3) is 0 Å². The Balaban J connectivity index is 2.00. The van der Waals surface area contributed by atoms with Crippen LogP contribution in [0.15, 0.2) is 6.07 Å². The predicted molar refractivity (Wildman–Crippen MR) is 84.0 cm³/mol. The Morgan fingerprint density at radius 2 is 2.00 bits per heavy atom. The number of nitrogens with zero attached hydrogens (tertiary/aromatic N) is 2. The third-order valence-corrected chi connectivity index (χ3v) is 3.21. The summed E-state index contributed by atoms with van der Waals surface area (Å²) in [5, 5.41) is 6.65. The molecule has 0 aromatic carbocycles. The second-order valence-electron chi connectivity index (χ2n) is 5.53. The lowest BCUT2D eigenvalue weighted by atomic mass is 10.2. The van der Waals surface area contributed by atoms with E-state index in [0.717, 1.165) is 30.4 Å². The van der Waals surface area contributed by atoms with Crippen LogP contribution in [0.2, 0.25) is 0 Å². The first-order chi connectivity index (χ1) is 10.2. The molecule has 1 aromatic heterocycles. The third kappa shape index (κ3) is 5.13. The number of anilines is 2. The van der Waals surface area contributed by atoms with Crippen molar-refractivity contribution in [3.05, 3.63) is 11.9 Å². The second kappa shape index (κ2) is 8.14. The zero-order chi connectivity index (χ0) is 15.1. The molecule has 1 aliphatic heterocycles. The van der Waals surface area contributed by atoms with E-state index in [0.29, 0.717) is 32.3 Å². The molecule has 0 aliphatic carbocycles. The predicted octanol–water partition coefficient (Wildman–Crippen LogP) is 2.25. The van der Waals surface area contributed by atoms with Crippen molar-refractivity contribution in [1.82, 2.24) is 9.97 Å². The smallest absolute Gasteiger partial charge is 0.135 e. The highest BCUT2D eigenvalue weighted by molar-refractivity contribution is 5.48. The van der Waals surface area contributed by atoms with E-state index in [2.05, 4.69) is 41.4 Å². The van der Waals surface area contributed by atoms with Gasteiger partial charge in [-0.2, -0.15) is 0 Å². The van der Waals surface area contributed by atoms with Gasteiger partial charge in [-0.3, -0.25) is 0 Å². The molecule has 2 heterocycles. The Bertz CT molecular complexity index is 434. The van der Waals surface area contributed by atoms with Gasteiger partial charge < -0.3 is 20.1 Å². The Hall–Kier alpha value is -1.40. The van der Waals surface area contributed by atoms with E-state index in [9.17, 15) is 0 Å². The van der Waals surface area contributed by atoms with Gasteiger partial charge in [0.1, 0.15) is 17.5 Å². The Morgan fingerprint density at radius 1 is 1.24 bits per heavy atom. The van der Waals surface area contributed by atoms with Gasteiger partial charge in [0.25, 0.3) is 0 Å². The van der Waals surface area contributed by atoms with Crippen LogP contribution >= 0.6 is 0 Å². The highest BCUT2D eigenvalue weighted by atomic mass is 16.6. The lowest BCUT2D eigenvalue weighted by Crippen LogP contribution is -2.34. The molecule has 6 heteroatoms. The fraction of sp³-hybridized carbons (Fsp3) is 0.733. The van der Waals surface area contributed by atoms with Gasteiger partial charge in [0.05, 0.1) is 25.9 Å². The summed E-state index contributed by atoms with van der Waals surface area (Å²) in [7, 11) is 0. The summed E-state index contributed by atoms with van der Waals surface area (Å²) < 4.78 is 11.0. The molecule has 118 valence electrons. The van der Waals surface area contributed by atoms with Gasteiger partial charge in [0.15, 0.2) is 0 Å². The SMILES string of the molecule is CCCNc1cc(NCC2COCCO2)nc(C(C)C)n1. The van der Waals surface area contributed by atoms with Crippen LogP contribution in [-0.4, -0.2) is 49.0 Å². The molecule has 1 atom stereocenters. The van der Waals surface area contributed by atoms with Gasteiger partial charge in [0.2, 0.25) is 0 Å². The molecule has 1 aliphatic rings. The highest BCUT2D eigenvalue weighted by Crippen LogP contribution is 2.17. The lowest BCUT2D eigenvalue weighted by molar-refractivity contribution is -0.0819. The molecule has 0 saturated carbocycles. The van der Waals surface area contributed by atoms with Crippen LogP contribution in [0, 0.1) is 0 Å². The van der Waals surface area contributed by atoms with E-state index >= 15 is 0 Å². The maximum atomic E-state index is 5.63. The molecule has 1 unspecified atom stereocenters. The molecule has 1 fully saturated rings. The second-order valence-corrected chi connectivity index (χ2v) is 5.53. The standard InChI is InChI=1S/C15H26N4O2/c1-4-5-16-13-8-14(19-15(18-13)11(2)3)17-9-12-10-20-6-7-21-12/h8,11-12H,4-7,9-10H2,1-3H3,(H2,16,17,18,19). The number of rotatable bonds is 7. The highest BCUT2D eigenvalue weighted by Gasteiger charge is 2.15. The number of hydrogen-bond donors (Lipinski definition) is 2. The average molecular weight is 294 g/mol. The summed E-state index contributed by atoms with van der Waals surface area (Å²) in [4.78, 5) is 9.11. The first kappa shape index (κ1) is 16.0. The van der Waals surface area contributed by atoms with Crippen molar-refractivity contribution in [2.45, 2.75) is 39.2 Å². The molecule has 21 heavy (non-hydrogen) atoms. The summed E-state index contributed by atoms with van der Waals surface area (Å²) >= 11 is 0. The molecule has 1 aromatic rings. The van der Waals surface area contributed by atoms with Crippen molar-refractivity contribution in [1.29, 1.82) is 0 Å². The van der Waals surface area contributed by atoms with E-state index in [1.54, 1.807) is 0 Å². The summed E-state index contributed by atoms with van der Waals surface area (Å²) in [5.41, 5.74) is 0. The van der Waals surface area contributed by atoms with Crippen molar-refractivity contribution in [2.24, 2.45) is 0 Å². The topological polar surface area (TPSA) is 68.3 Å². The molecular formula is C15H26N4O2. The number of hydrogen-bond acceptors (Lipinski definition) is 6. The van der Waals surface area contributed by atoms with Gasteiger partial charge in [-0.15, -0.1) is 0 Å². The first-order valence-electron chi connectivity index (χ1n) is 7.75. The molecule has 0 spiro atoms. The molecule has 2 N–H and O–H groups in total. The maximum Gasteiger partial charge on any atom is 0.135 e. The lowest BCUT2D eigenvalue weighted by Gasteiger charge is -2.23. The number of ether oxygens (including phenoxy) is 2. The van der Waals surface area contributed by atoms with Crippen LogP contribution in [0.5, 0.6) is 0 Å². The van der Waals surface area contributed by atoms with Gasteiger partial charge in [-0.05, 0) is 6.42 Å². The van der Waals surface area contributed by atoms with E-state index in [1.807, 2.05) is 6.07 Å². The van der Waals surface area contributed by atoms with Crippen molar-refractivity contribution in [2.75, 3.05) is 43.5 Å². The van der Waals surface area contributed by atoms with Crippen molar-refractivity contribution in [3.63, 3.8) is 0 Å². The molecule has 0 amide bonds. The molecule has 0 bridgehead atoms. The number of nitrogens with one attached hydrogen (secondary N) is 2. The molecule has 1 saturated heterocycles. The van der Waals surface area contributed by atoms with Crippen molar-refractivity contribution in [3.8, 4) is 0 Å². The van der Waals surface area contributed by atoms with E-state index in [4.69, 9.17) is 9.47 Å². The van der Waals surface area contributed by atoms with E-state index in [1.165, 1.54) is 0 Å². The molecule has 2 rings (SSSR count). The van der Waals surface area contributed by atoms with Gasteiger partial charge in [-0.1, -0.05) is 20.8 Å². The van der Waals surface area contributed by atoms with Crippen molar-refractivity contribution >= 4 is 11.6 Å². The van der Waals surface area contributed by atoms with Crippen LogP contribution in [0.1, 0.15) is 38.9 Å². The van der Waals surface area contributed by atoms with Crippen LogP contribution in [0.3, 0.4) is 0 Å². The van der Waals surface area contributed by atoms with Crippen LogP contribution < -0.4 is 10.6 Å². The minimum Gasteiger partial charge on any atom is -0.376 e. The minimum atomic E-state index is 0.0864. The Morgan fingerprint density at radius 3 is 2.62 bits per heavy atom. The fourth-order valence-electron chi connectivity index (χ4n) is 2.03. The molecular weight excluding hydrogens is 268 g/mol. The maximum absolute atomic E-state index is 5.63. The monoisotopic (exact) mass is 294 g/mol. The Labute approximate surface area is 126 Å². The van der Waals surface area contributed by atoms with Gasteiger partial charge in [-0.25, -0.2) is 9.97 Å². The largest absolute Gasteiger partial charge is 0.376 e. The summed E-state index contributed by atoms with van der Waals surface area (Å²) in [5.74, 6) is 2.85. The van der Waals surface area contributed by atoms with Crippen LogP contribution in [-0.2, 0) is 9.47 Å². The summed E-state index contributed by atoms with van der Waals surface area (Å²) in [6, 6.07) is 1.95. The minimum absolute atomic E-state index is 0.0864. The van der Waals surface area contributed by atoms with E-state index < -0.39 is 0 Å². The number of aromatic nitrogens is 2. The van der Waals surface area contributed by atoms with Crippen LogP contribution in [0.4, 0.5) is 11.6 Å². The van der Waals surface area contributed by atoms with Gasteiger partial charge in [0, 0.05) is 25.1 Å². The Kier molecular flexibility index (Phi) is 6.20. The normalized spacial score (nSPS) is 18.8. The molecule has 6 nitrogen and oxygen atoms in total. The quantitative estimate of drug-likeness (QED) is 0.804. The fourth-order valence-corrected chi connectivity index (χ4v) is 2.03. The zero-order valence-corrected chi connectivity index (χ0v) is 13.2. The van der Waals surface area contributed by atoms with Crippen molar-refractivity contribution < 1.29 is 9.47 Å². The average Bonchev–Trinajstić information content (AvgIpc) is 2.51. The summed E-state index contributed by atoms with van der Waals surface area (Å²) in [6.45, 7) is 9.92. The first-order valence-corrected chi connectivity index (χ1v) is 7.75. The zero-order valence-electron chi connectivity index (χ0n) is 13.2. The van der Waals surface area contributed by atoms with E-state index in [-0.39, 0.29) is 6.10 Å². The molecule has 0 radical (unpaired) electrons. The third-order valence-electron chi connectivity index (χ3n) is 3.21. The summed E-state index contributed by atoms with van der Waals surface area (Å²) in [6.07, 6.45) is 1.15.